The van der Waals surface area contributed by atoms with Gasteiger partial charge in [0.15, 0.2) is 0 Å². The van der Waals surface area contributed by atoms with E-state index in [0.29, 0.717) is 27.8 Å². The average molecular weight is 439 g/mol. The van der Waals surface area contributed by atoms with Gasteiger partial charge >= 0.3 is 0 Å². The predicted octanol–water partition coefficient (Wildman–Crippen LogP) is 4.95. The molecule has 2 aromatic carbocycles. The zero-order chi connectivity index (χ0) is 20.7. The SMILES string of the molecule is CNC(=O)[C@H](C)N(Cc1c(Cl)cccc1Cl)C(=O)CCSc1ccc(C)cc1. The normalized spacial score (nSPS) is 11.8. The molecule has 4 nitrogen and oxygen atoms in total. The van der Waals surface area contributed by atoms with Gasteiger partial charge in [-0.1, -0.05) is 47.0 Å². The number of carbonyl (C=O) groups is 2. The molecule has 28 heavy (non-hydrogen) atoms. The minimum Gasteiger partial charge on any atom is -0.357 e. The molecule has 1 atom stereocenters. The maximum atomic E-state index is 12.9. The van der Waals surface area contributed by atoms with Crippen LogP contribution >= 0.6 is 35.0 Å². The van der Waals surface area contributed by atoms with Crippen molar-refractivity contribution in [3.05, 3.63) is 63.6 Å². The Morgan fingerprint density at radius 2 is 1.71 bits per heavy atom. The van der Waals surface area contributed by atoms with Gasteiger partial charge in [-0.2, -0.15) is 0 Å². The zero-order valence-electron chi connectivity index (χ0n) is 16.2. The van der Waals surface area contributed by atoms with Crippen molar-refractivity contribution in [2.24, 2.45) is 0 Å². The first kappa shape index (κ1) is 22.6. The van der Waals surface area contributed by atoms with Gasteiger partial charge in [0.25, 0.3) is 0 Å². The highest BCUT2D eigenvalue weighted by atomic mass is 35.5. The lowest BCUT2D eigenvalue weighted by Gasteiger charge is -2.29. The summed E-state index contributed by atoms with van der Waals surface area (Å²) < 4.78 is 0. The van der Waals surface area contributed by atoms with Gasteiger partial charge in [0, 0.05) is 46.3 Å². The molecule has 2 rings (SSSR count). The Morgan fingerprint density at radius 3 is 2.29 bits per heavy atom. The summed E-state index contributed by atoms with van der Waals surface area (Å²) in [5.74, 6) is 0.268. The summed E-state index contributed by atoms with van der Waals surface area (Å²) in [6.45, 7) is 3.92. The largest absolute Gasteiger partial charge is 0.357 e. The lowest BCUT2D eigenvalue weighted by atomic mass is 10.1. The molecule has 2 aromatic rings. The van der Waals surface area contributed by atoms with Crippen molar-refractivity contribution in [3.8, 4) is 0 Å². The van der Waals surface area contributed by atoms with Crippen molar-refractivity contribution < 1.29 is 9.59 Å². The molecule has 7 heteroatoms. The Kier molecular flexibility index (Phi) is 8.67. The first-order chi connectivity index (χ1) is 13.3. The van der Waals surface area contributed by atoms with Gasteiger partial charge in [0.1, 0.15) is 6.04 Å². The van der Waals surface area contributed by atoms with Crippen molar-refractivity contribution >= 4 is 46.8 Å². The minimum absolute atomic E-state index is 0.119. The molecule has 0 bridgehead atoms. The highest BCUT2D eigenvalue weighted by molar-refractivity contribution is 7.99. The number of aryl methyl sites for hydroxylation is 1. The third-order valence-electron chi connectivity index (χ3n) is 4.41. The van der Waals surface area contributed by atoms with Crippen LogP contribution in [0, 0.1) is 6.92 Å². The third-order valence-corrected chi connectivity index (χ3v) is 6.13. The number of nitrogens with zero attached hydrogens (tertiary/aromatic N) is 1. The standard InChI is InChI=1S/C21H24Cl2N2O2S/c1-14-7-9-16(10-8-14)28-12-11-20(26)25(15(2)21(27)24-3)13-17-18(22)5-4-6-19(17)23/h4-10,15H,11-13H2,1-3H3,(H,24,27)/t15-/m0/s1. The van der Waals surface area contributed by atoms with E-state index in [1.807, 2.05) is 31.2 Å². The van der Waals surface area contributed by atoms with Crippen LogP contribution in [0.15, 0.2) is 47.4 Å². The van der Waals surface area contributed by atoms with Crippen molar-refractivity contribution in [3.63, 3.8) is 0 Å². The number of nitrogens with one attached hydrogen (secondary N) is 1. The number of carbonyl (C=O) groups excluding carboxylic acids is 2. The number of thioether (sulfide) groups is 1. The summed E-state index contributed by atoms with van der Waals surface area (Å²) in [4.78, 5) is 27.7. The summed E-state index contributed by atoms with van der Waals surface area (Å²) in [5.41, 5.74) is 1.84. The Morgan fingerprint density at radius 1 is 1.11 bits per heavy atom. The molecular weight excluding hydrogens is 415 g/mol. The molecule has 0 aliphatic rings. The fourth-order valence-corrected chi connectivity index (χ4v) is 4.04. The van der Waals surface area contributed by atoms with E-state index in [1.54, 1.807) is 43.9 Å². The number of hydrogen-bond donors (Lipinski definition) is 1. The minimum atomic E-state index is -0.630. The lowest BCUT2D eigenvalue weighted by Crippen LogP contribution is -2.46. The number of hydrogen-bond acceptors (Lipinski definition) is 3. The van der Waals surface area contributed by atoms with Gasteiger partial charge < -0.3 is 10.2 Å². The van der Waals surface area contributed by atoms with Crippen molar-refractivity contribution in [1.29, 1.82) is 0 Å². The van der Waals surface area contributed by atoms with E-state index in [1.165, 1.54) is 10.5 Å². The van der Waals surface area contributed by atoms with Crippen LogP contribution in [0.25, 0.3) is 0 Å². The molecule has 150 valence electrons. The van der Waals surface area contributed by atoms with Crippen LogP contribution in [0.3, 0.4) is 0 Å². The molecule has 0 unspecified atom stereocenters. The van der Waals surface area contributed by atoms with Crippen LogP contribution in [-0.4, -0.2) is 35.6 Å². The molecule has 0 spiro atoms. The second-order valence-electron chi connectivity index (χ2n) is 6.42. The van der Waals surface area contributed by atoms with Crippen molar-refractivity contribution in [2.45, 2.75) is 37.8 Å². The van der Waals surface area contributed by atoms with Crippen molar-refractivity contribution in [1.82, 2.24) is 10.2 Å². The highest BCUT2D eigenvalue weighted by Gasteiger charge is 2.26. The van der Waals surface area contributed by atoms with E-state index >= 15 is 0 Å². The van der Waals surface area contributed by atoms with Gasteiger partial charge in [-0.3, -0.25) is 9.59 Å². The van der Waals surface area contributed by atoms with E-state index in [9.17, 15) is 9.59 Å². The van der Waals surface area contributed by atoms with Gasteiger partial charge in [-0.25, -0.2) is 0 Å². The number of benzene rings is 2. The van der Waals surface area contributed by atoms with Crippen LogP contribution in [0.5, 0.6) is 0 Å². The lowest BCUT2D eigenvalue weighted by molar-refractivity contribution is -0.140. The summed E-state index contributed by atoms with van der Waals surface area (Å²) in [6.07, 6.45) is 0.307. The molecule has 0 heterocycles. The second-order valence-corrected chi connectivity index (χ2v) is 8.41. The molecule has 0 fully saturated rings. The zero-order valence-corrected chi connectivity index (χ0v) is 18.5. The molecule has 0 aromatic heterocycles. The smallest absolute Gasteiger partial charge is 0.242 e. The van der Waals surface area contributed by atoms with Gasteiger partial charge in [-0.15, -0.1) is 11.8 Å². The monoisotopic (exact) mass is 438 g/mol. The van der Waals surface area contributed by atoms with Crippen LogP contribution in [0.4, 0.5) is 0 Å². The topological polar surface area (TPSA) is 49.4 Å². The maximum absolute atomic E-state index is 12.9. The highest BCUT2D eigenvalue weighted by Crippen LogP contribution is 2.27. The van der Waals surface area contributed by atoms with Gasteiger partial charge in [0.2, 0.25) is 11.8 Å². The Hall–Kier alpha value is -1.69. The second kappa shape index (κ2) is 10.7. The summed E-state index contributed by atoms with van der Waals surface area (Å²) in [6, 6.07) is 12.7. The number of amides is 2. The van der Waals surface area contributed by atoms with E-state index < -0.39 is 6.04 Å². The Balaban J connectivity index is 2.10. The number of halogens is 2. The fraction of sp³-hybridized carbons (Fsp3) is 0.333. The first-order valence-electron chi connectivity index (χ1n) is 8.97. The van der Waals surface area contributed by atoms with Crippen LogP contribution in [0.2, 0.25) is 10.0 Å². The molecule has 0 saturated carbocycles. The quantitative estimate of drug-likeness (QED) is 0.593. The molecule has 0 aliphatic carbocycles. The molecule has 0 aliphatic heterocycles. The van der Waals surface area contributed by atoms with E-state index in [-0.39, 0.29) is 18.4 Å². The number of rotatable bonds is 8. The van der Waals surface area contributed by atoms with Crippen LogP contribution in [-0.2, 0) is 16.1 Å². The van der Waals surface area contributed by atoms with Crippen LogP contribution in [0.1, 0.15) is 24.5 Å². The number of likely N-dealkylation sites (N-methyl/N-ethyl adjacent to an activating group) is 1. The summed E-state index contributed by atoms with van der Waals surface area (Å²) in [7, 11) is 1.55. The molecule has 0 radical (unpaired) electrons. The fourth-order valence-electron chi connectivity index (χ4n) is 2.68. The molecule has 1 N–H and O–H groups in total. The molecular formula is C21H24Cl2N2O2S. The van der Waals surface area contributed by atoms with Crippen LogP contribution < -0.4 is 5.32 Å². The maximum Gasteiger partial charge on any atom is 0.242 e. The van der Waals surface area contributed by atoms with Gasteiger partial charge in [-0.05, 0) is 38.1 Å². The first-order valence-corrected chi connectivity index (χ1v) is 10.7. The van der Waals surface area contributed by atoms with E-state index in [4.69, 9.17) is 23.2 Å². The summed E-state index contributed by atoms with van der Waals surface area (Å²) >= 11 is 14.1. The molecule has 2 amide bonds. The van der Waals surface area contributed by atoms with E-state index in [0.717, 1.165) is 4.90 Å². The molecule has 0 saturated heterocycles. The predicted molar refractivity (Wildman–Crippen MR) is 117 cm³/mol. The van der Waals surface area contributed by atoms with E-state index in [2.05, 4.69) is 5.32 Å². The Labute approximate surface area is 180 Å². The Bertz CT molecular complexity index is 807. The third kappa shape index (κ3) is 6.16. The van der Waals surface area contributed by atoms with Crippen molar-refractivity contribution in [2.75, 3.05) is 12.8 Å². The van der Waals surface area contributed by atoms with Gasteiger partial charge in [0.05, 0.1) is 0 Å². The summed E-state index contributed by atoms with van der Waals surface area (Å²) in [5, 5.41) is 3.55. The average Bonchev–Trinajstić information content (AvgIpc) is 2.68.